The average Bonchev–Trinajstić information content (AvgIpc) is 3.83. The third-order valence-corrected chi connectivity index (χ3v) is 17.1. The number of ether oxygens (including phenoxy) is 3. The fraction of sp³-hybridized carbons (Fsp3) is 0.660. The fourth-order valence-electron chi connectivity index (χ4n) is 12.7. The van der Waals surface area contributed by atoms with Crippen LogP contribution in [0.1, 0.15) is 114 Å². The molecular formula is C53H76FN2O13P. The highest BCUT2D eigenvalue weighted by atomic mass is 31.2. The molecule has 2 aliphatic heterocycles. The number of benzene rings is 2. The van der Waals surface area contributed by atoms with Crippen LogP contribution in [0, 0.1) is 28.6 Å². The van der Waals surface area contributed by atoms with Crippen LogP contribution in [0.4, 0.5) is 4.39 Å². The Morgan fingerprint density at radius 2 is 1.70 bits per heavy atom. The van der Waals surface area contributed by atoms with Crippen LogP contribution in [0.5, 0.6) is 5.75 Å². The SMILES string of the molecule is CN1CCC(C2O[C@H]3C[C@H]4[C@@H]5CCC6=CC(=O)C=C[C@]6(C)C5(F)[C@@H](O)C[C@]4(C)[C@]3(C(=O)CO)O2)CC1.O=P(O)(O)OC(CNCCCCCCOCCCCc1ccccc1)c1ccc(O)c(CO)c1. The molecule has 2 aromatic carbocycles. The summed E-state index contributed by atoms with van der Waals surface area (Å²) in [4.78, 5) is 46.3. The van der Waals surface area contributed by atoms with Gasteiger partial charge in [0.15, 0.2) is 29.1 Å². The third-order valence-electron chi connectivity index (χ3n) is 16.6. The Balaban J connectivity index is 0.000000207. The quantitative estimate of drug-likeness (QED) is 0.0519. The standard InChI is InChI=1S/C28H38FNO6.C25H38NO7P/c1-25-9-6-18(32)12-17(25)4-5-19-20-13-23-28(22(34)15-31,26(20,2)14-21(33)27(19,25)29)36-24(35-23)16-7-10-30(3)11-8-16;27-20-23-18-22(13-14-24(23)28)25(33-34(29,30)31)19-26-15-7-1-2-8-16-32-17-9-6-12-21-10-4-3-5-11-21/h6,9,12,16,19-21,23-24,31,33H,4-5,7-8,10-11,13-15H2,1-3H3;3-5,10-11,13-14,18,25-28H,1-2,6-9,12,15-17,19-20H2,(H2,29,30,31)/t19-,20-,21-,23-,24?,25-,26-,27?,28+;/m0./s1. The van der Waals surface area contributed by atoms with Gasteiger partial charge < -0.3 is 54.6 Å². The first-order valence-electron chi connectivity index (χ1n) is 25.4. The number of phosphoric acid groups is 1. The number of aryl methyl sites for hydroxylation is 1. The lowest BCUT2D eigenvalue weighted by Crippen LogP contribution is -2.69. The number of aromatic hydroxyl groups is 1. The molecule has 6 aliphatic rings. The number of ketones is 2. The number of aliphatic hydroxyl groups excluding tert-OH is 3. The first-order chi connectivity index (χ1) is 33.4. The van der Waals surface area contributed by atoms with Crippen LogP contribution < -0.4 is 5.32 Å². The minimum absolute atomic E-state index is 0.0288. The normalized spacial score (nSPS) is 32.3. The van der Waals surface area contributed by atoms with Gasteiger partial charge in [0.2, 0.25) is 0 Å². The lowest BCUT2D eigenvalue weighted by molar-refractivity contribution is -0.236. The zero-order valence-corrected chi connectivity index (χ0v) is 41.9. The van der Waals surface area contributed by atoms with Crippen LogP contribution in [-0.2, 0) is 45.9 Å². The maximum atomic E-state index is 17.4. The number of halogens is 1. The summed E-state index contributed by atoms with van der Waals surface area (Å²) in [6.07, 6.45) is 11.8. The van der Waals surface area contributed by atoms with Crippen LogP contribution in [0.3, 0.4) is 0 Å². The third kappa shape index (κ3) is 11.4. The smallest absolute Gasteiger partial charge is 0.470 e. The number of likely N-dealkylation sites (tertiary alicyclic amines) is 1. The molecule has 2 saturated heterocycles. The molecule has 388 valence electrons. The van der Waals surface area contributed by atoms with Crippen molar-refractivity contribution in [3.8, 4) is 5.75 Å². The van der Waals surface area contributed by atoms with Gasteiger partial charge in [-0.3, -0.25) is 14.1 Å². The molecule has 0 aromatic heterocycles. The van der Waals surface area contributed by atoms with Gasteiger partial charge >= 0.3 is 7.82 Å². The molecule has 2 heterocycles. The number of piperidine rings is 1. The van der Waals surface area contributed by atoms with Crippen molar-refractivity contribution in [2.24, 2.45) is 28.6 Å². The van der Waals surface area contributed by atoms with E-state index in [0.717, 1.165) is 89.7 Å². The molecule has 15 nitrogen and oxygen atoms in total. The van der Waals surface area contributed by atoms with Gasteiger partial charge in [0.25, 0.3) is 0 Å². The summed E-state index contributed by atoms with van der Waals surface area (Å²) in [6, 6.07) is 14.9. The summed E-state index contributed by atoms with van der Waals surface area (Å²) in [5.74, 6) is -1.31. The van der Waals surface area contributed by atoms with Crippen molar-refractivity contribution in [1.82, 2.24) is 10.2 Å². The zero-order valence-electron chi connectivity index (χ0n) is 41.1. The minimum atomic E-state index is -4.70. The van der Waals surface area contributed by atoms with E-state index >= 15 is 4.39 Å². The van der Waals surface area contributed by atoms with Crippen molar-refractivity contribution in [1.29, 1.82) is 0 Å². The molecule has 0 radical (unpaired) electrons. The van der Waals surface area contributed by atoms with E-state index in [1.54, 1.807) is 13.0 Å². The molecule has 5 fully saturated rings. The summed E-state index contributed by atoms with van der Waals surface area (Å²) in [6.45, 7) is 6.96. The predicted molar refractivity (Wildman–Crippen MR) is 260 cm³/mol. The van der Waals surface area contributed by atoms with E-state index in [9.17, 15) is 44.4 Å². The molecule has 0 bridgehead atoms. The predicted octanol–water partition coefficient (Wildman–Crippen LogP) is 6.58. The molecule has 3 saturated carbocycles. The monoisotopic (exact) mass is 999 g/mol. The highest BCUT2D eigenvalue weighted by Crippen LogP contribution is 2.72. The number of aliphatic hydroxyl groups is 3. The van der Waals surface area contributed by atoms with Gasteiger partial charge in [-0.2, -0.15) is 0 Å². The first kappa shape index (κ1) is 54.6. The van der Waals surface area contributed by atoms with Crippen molar-refractivity contribution in [2.75, 3.05) is 53.0 Å². The second-order valence-corrected chi connectivity index (χ2v) is 22.1. The average molecular weight is 999 g/mol. The second-order valence-electron chi connectivity index (χ2n) is 20.9. The number of rotatable bonds is 21. The van der Waals surface area contributed by atoms with Gasteiger partial charge in [-0.25, -0.2) is 8.96 Å². The summed E-state index contributed by atoms with van der Waals surface area (Å²) >= 11 is 0. The Hall–Kier alpha value is -3.22. The minimum Gasteiger partial charge on any atom is -0.508 e. The lowest BCUT2D eigenvalue weighted by Gasteiger charge is -2.62. The molecule has 0 amide bonds. The van der Waals surface area contributed by atoms with Crippen LogP contribution in [0.2, 0.25) is 0 Å². The Labute approximate surface area is 412 Å². The number of alkyl halides is 1. The maximum Gasteiger partial charge on any atom is 0.470 e. The van der Waals surface area contributed by atoms with Gasteiger partial charge in [0, 0.05) is 48.0 Å². The summed E-state index contributed by atoms with van der Waals surface area (Å²) < 4.78 is 52.5. The molecule has 70 heavy (non-hydrogen) atoms. The highest BCUT2D eigenvalue weighted by molar-refractivity contribution is 7.46. The van der Waals surface area contributed by atoms with E-state index in [-0.39, 0.29) is 48.5 Å². The number of hydrogen-bond donors (Lipinski definition) is 7. The van der Waals surface area contributed by atoms with Crippen molar-refractivity contribution < 1.29 is 67.5 Å². The summed E-state index contributed by atoms with van der Waals surface area (Å²) in [5.41, 5.74) is -2.52. The van der Waals surface area contributed by atoms with E-state index in [1.165, 1.54) is 35.9 Å². The molecular weight excluding hydrogens is 923 g/mol. The van der Waals surface area contributed by atoms with Crippen LogP contribution in [0.15, 0.2) is 72.3 Å². The second kappa shape index (κ2) is 23.3. The number of nitrogens with zero attached hydrogens (tertiary/aromatic N) is 1. The molecule has 17 heteroatoms. The number of nitrogens with one attached hydrogen (secondary N) is 1. The van der Waals surface area contributed by atoms with Crippen molar-refractivity contribution in [3.05, 3.63) is 89.0 Å². The fourth-order valence-corrected chi connectivity index (χ4v) is 13.3. The van der Waals surface area contributed by atoms with Gasteiger partial charge in [0.1, 0.15) is 18.5 Å². The first-order valence-corrected chi connectivity index (χ1v) is 26.9. The molecule has 4 aliphatic carbocycles. The van der Waals surface area contributed by atoms with E-state index in [1.807, 2.05) is 13.0 Å². The number of hydrogen-bond acceptors (Lipinski definition) is 13. The largest absolute Gasteiger partial charge is 0.508 e. The lowest BCUT2D eigenvalue weighted by atomic mass is 9.44. The van der Waals surface area contributed by atoms with Crippen molar-refractivity contribution in [3.63, 3.8) is 0 Å². The maximum absolute atomic E-state index is 17.4. The highest BCUT2D eigenvalue weighted by Gasteiger charge is 2.79. The van der Waals surface area contributed by atoms with E-state index < -0.39 is 72.8 Å². The van der Waals surface area contributed by atoms with Gasteiger partial charge in [-0.05, 0) is 146 Å². The Bertz CT molecular complexity index is 2200. The van der Waals surface area contributed by atoms with Crippen LogP contribution >= 0.6 is 7.82 Å². The zero-order chi connectivity index (χ0) is 50.3. The van der Waals surface area contributed by atoms with E-state index in [0.29, 0.717) is 31.4 Å². The molecule has 10 atom stereocenters. The Morgan fingerprint density at radius 3 is 2.40 bits per heavy atom. The number of carbonyl (C=O) groups excluding carboxylic acids is 2. The summed E-state index contributed by atoms with van der Waals surface area (Å²) in [5, 5.41) is 43.8. The van der Waals surface area contributed by atoms with Crippen LogP contribution in [-0.4, -0.2) is 129 Å². The van der Waals surface area contributed by atoms with Gasteiger partial charge in [0.05, 0.1) is 18.8 Å². The Morgan fingerprint density at radius 1 is 0.986 bits per heavy atom. The van der Waals surface area contributed by atoms with Gasteiger partial charge in [-0.15, -0.1) is 0 Å². The number of carbonyl (C=O) groups is 2. The number of unbranched alkanes of at least 4 members (excludes halogenated alkanes) is 4. The number of phosphoric ester groups is 1. The number of Topliss-reactive ketones (excluding diaryl/α,β-unsaturated/α-hetero) is 1. The molecule has 8 rings (SSSR count). The van der Waals surface area contributed by atoms with Crippen molar-refractivity contribution >= 4 is 19.4 Å². The Kier molecular flexibility index (Phi) is 18.2. The number of phenols is 1. The molecule has 7 N–H and O–H groups in total. The van der Waals surface area contributed by atoms with Gasteiger partial charge in [-0.1, -0.05) is 67.8 Å². The topological polar surface area (TPSA) is 225 Å². The molecule has 2 aromatic rings. The van der Waals surface area contributed by atoms with E-state index in [4.69, 9.17) is 18.7 Å². The van der Waals surface area contributed by atoms with Crippen LogP contribution in [0.25, 0.3) is 0 Å². The van der Waals surface area contributed by atoms with E-state index in [2.05, 4.69) is 41.5 Å². The number of allylic oxidation sites excluding steroid dienone is 4. The number of fused-ring (bicyclic) bond motifs is 7. The molecule has 3 unspecified atom stereocenters. The summed E-state index contributed by atoms with van der Waals surface area (Å²) in [7, 11) is -2.62. The van der Waals surface area contributed by atoms with Crippen molar-refractivity contribution in [2.45, 2.75) is 140 Å². The molecule has 0 spiro atoms.